The van der Waals surface area contributed by atoms with Gasteiger partial charge >= 0.3 is 0 Å². The minimum Gasteiger partial charge on any atom is -0.340 e. The summed E-state index contributed by atoms with van der Waals surface area (Å²) in [5.74, 6) is 0.801. The summed E-state index contributed by atoms with van der Waals surface area (Å²) in [6.07, 6.45) is 1.68. The maximum atomic E-state index is 13.0. The van der Waals surface area contributed by atoms with Crippen molar-refractivity contribution in [1.82, 2.24) is 19.9 Å². The van der Waals surface area contributed by atoms with Crippen molar-refractivity contribution in [2.24, 2.45) is 0 Å². The van der Waals surface area contributed by atoms with Crippen molar-refractivity contribution < 1.29 is 13.7 Å². The zero-order chi connectivity index (χ0) is 20.8. The molecule has 0 radical (unpaired) electrons. The Hall–Kier alpha value is -3.06. The molecule has 6 nitrogen and oxygen atoms in total. The average molecular weight is 408 g/mol. The number of amides is 1. The molecule has 3 aromatic rings. The van der Waals surface area contributed by atoms with Crippen molar-refractivity contribution in [2.45, 2.75) is 25.8 Å². The molecular formula is C23H25FN4O2. The second-order valence-electron chi connectivity index (χ2n) is 7.51. The van der Waals surface area contributed by atoms with Crippen molar-refractivity contribution in [1.29, 1.82) is 0 Å². The van der Waals surface area contributed by atoms with Crippen LogP contribution in [0.5, 0.6) is 0 Å². The second kappa shape index (κ2) is 9.63. The van der Waals surface area contributed by atoms with E-state index in [1.807, 2.05) is 11.0 Å². The molecule has 1 saturated heterocycles. The van der Waals surface area contributed by atoms with Crippen LogP contribution < -0.4 is 0 Å². The highest BCUT2D eigenvalue weighted by Crippen LogP contribution is 2.17. The van der Waals surface area contributed by atoms with E-state index < -0.39 is 0 Å². The summed E-state index contributed by atoms with van der Waals surface area (Å²) in [6.45, 7) is 4.24. The molecule has 30 heavy (non-hydrogen) atoms. The lowest BCUT2D eigenvalue weighted by Crippen LogP contribution is -2.48. The van der Waals surface area contributed by atoms with Crippen LogP contribution in [0.25, 0.3) is 11.4 Å². The summed E-state index contributed by atoms with van der Waals surface area (Å²) in [4.78, 5) is 21.2. The van der Waals surface area contributed by atoms with Crippen LogP contribution in [-0.2, 0) is 17.8 Å². The zero-order valence-electron chi connectivity index (χ0n) is 16.8. The van der Waals surface area contributed by atoms with Gasteiger partial charge < -0.3 is 9.42 Å². The van der Waals surface area contributed by atoms with E-state index in [1.165, 1.54) is 17.7 Å². The van der Waals surface area contributed by atoms with Crippen LogP contribution in [0, 0.1) is 5.82 Å². The number of nitrogens with zero attached hydrogens (tertiary/aromatic N) is 4. The molecule has 0 N–H and O–H groups in total. The topological polar surface area (TPSA) is 62.5 Å². The molecule has 0 aliphatic carbocycles. The van der Waals surface area contributed by atoms with Crippen LogP contribution >= 0.6 is 0 Å². The smallest absolute Gasteiger partial charge is 0.226 e. The van der Waals surface area contributed by atoms with Crippen molar-refractivity contribution in [3.05, 3.63) is 71.9 Å². The van der Waals surface area contributed by atoms with Crippen molar-refractivity contribution in [3.8, 4) is 11.4 Å². The van der Waals surface area contributed by atoms with Gasteiger partial charge in [0.15, 0.2) is 0 Å². The Labute approximate surface area is 175 Å². The highest BCUT2D eigenvalue weighted by atomic mass is 19.1. The molecule has 0 atom stereocenters. The zero-order valence-corrected chi connectivity index (χ0v) is 16.8. The van der Waals surface area contributed by atoms with Gasteiger partial charge in [-0.25, -0.2) is 4.39 Å². The van der Waals surface area contributed by atoms with Gasteiger partial charge in [-0.15, -0.1) is 0 Å². The summed E-state index contributed by atoms with van der Waals surface area (Å²) in [7, 11) is 0. The Balaban J connectivity index is 1.19. The van der Waals surface area contributed by atoms with Gasteiger partial charge in [-0.2, -0.15) is 4.98 Å². The quantitative estimate of drug-likeness (QED) is 0.598. The number of hydrogen-bond acceptors (Lipinski definition) is 5. The first-order valence-electron chi connectivity index (χ1n) is 10.3. The van der Waals surface area contributed by atoms with Gasteiger partial charge in [-0.05, 0) is 36.2 Å². The van der Waals surface area contributed by atoms with E-state index in [2.05, 4.69) is 39.3 Å². The Kier molecular flexibility index (Phi) is 6.49. The number of halogens is 1. The molecule has 1 aromatic heterocycles. The number of benzene rings is 2. The minimum atomic E-state index is -0.304. The normalized spacial score (nSPS) is 14.8. The maximum Gasteiger partial charge on any atom is 0.226 e. The van der Waals surface area contributed by atoms with E-state index in [4.69, 9.17) is 4.52 Å². The molecule has 1 aliphatic rings. The fourth-order valence-electron chi connectivity index (χ4n) is 3.62. The van der Waals surface area contributed by atoms with Crippen molar-refractivity contribution >= 4 is 5.91 Å². The lowest BCUT2D eigenvalue weighted by molar-refractivity contribution is -0.133. The fraction of sp³-hybridized carbons (Fsp3) is 0.348. The SMILES string of the molecule is O=C(CCCc1nc(-c2ccc(F)cc2)no1)N1CCN(Cc2ccccc2)CC1. The molecule has 1 aliphatic heterocycles. The predicted octanol–water partition coefficient (Wildman–Crippen LogP) is 3.54. The van der Waals surface area contributed by atoms with E-state index in [1.54, 1.807) is 12.1 Å². The molecular weight excluding hydrogens is 383 g/mol. The average Bonchev–Trinajstić information content (AvgIpc) is 3.24. The molecule has 0 bridgehead atoms. The van der Waals surface area contributed by atoms with E-state index in [0.717, 1.165) is 32.7 Å². The standard InChI is InChI=1S/C23H25FN4O2/c24-20-11-9-19(10-12-20)23-25-21(30-26-23)7-4-8-22(29)28-15-13-27(14-16-28)17-18-5-2-1-3-6-18/h1-3,5-6,9-12H,4,7-8,13-17H2. The van der Waals surface area contributed by atoms with E-state index in [-0.39, 0.29) is 11.7 Å². The van der Waals surface area contributed by atoms with Crippen LogP contribution in [0.4, 0.5) is 4.39 Å². The summed E-state index contributed by atoms with van der Waals surface area (Å²) >= 11 is 0. The first-order valence-corrected chi connectivity index (χ1v) is 10.3. The lowest BCUT2D eigenvalue weighted by atomic mass is 10.1. The van der Waals surface area contributed by atoms with Gasteiger partial charge in [0.05, 0.1) is 0 Å². The van der Waals surface area contributed by atoms with Gasteiger partial charge in [0, 0.05) is 51.1 Å². The van der Waals surface area contributed by atoms with E-state index >= 15 is 0 Å². The molecule has 2 aromatic carbocycles. The third kappa shape index (κ3) is 5.30. The Morgan fingerprint density at radius 1 is 1.00 bits per heavy atom. The van der Waals surface area contributed by atoms with Crippen LogP contribution in [-0.4, -0.2) is 52.0 Å². The molecule has 1 fully saturated rings. The van der Waals surface area contributed by atoms with Gasteiger partial charge in [-0.3, -0.25) is 9.69 Å². The number of rotatable bonds is 7. The Bertz CT molecular complexity index is 951. The van der Waals surface area contributed by atoms with Crippen LogP contribution in [0.15, 0.2) is 59.1 Å². The molecule has 4 rings (SSSR count). The predicted molar refractivity (Wildman–Crippen MR) is 111 cm³/mol. The monoisotopic (exact) mass is 408 g/mol. The van der Waals surface area contributed by atoms with Crippen molar-refractivity contribution in [3.63, 3.8) is 0 Å². The molecule has 2 heterocycles. The number of aryl methyl sites for hydroxylation is 1. The summed E-state index contributed by atoms with van der Waals surface area (Å²) < 4.78 is 18.3. The first kappa shape index (κ1) is 20.2. The van der Waals surface area contributed by atoms with E-state index in [9.17, 15) is 9.18 Å². The molecule has 7 heteroatoms. The number of carbonyl (C=O) groups is 1. The highest BCUT2D eigenvalue weighted by molar-refractivity contribution is 5.76. The van der Waals surface area contributed by atoms with Gasteiger partial charge in [0.2, 0.25) is 17.6 Å². The fourth-order valence-corrected chi connectivity index (χ4v) is 3.62. The van der Waals surface area contributed by atoms with Crippen LogP contribution in [0.1, 0.15) is 24.3 Å². The van der Waals surface area contributed by atoms with Gasteiger partial charge in [0.25, 0.3) is 0 Å². The molecule has 0 saturated carbocycles. The summed E-state index contributed by atoms with van der Waals surface area (Å²) in [6, 6.07) is 16.4. The highest BCUT2D eigenvalue weighted by Gasteiger charge is 2.21. The second-order valence-corrected chi connectivity index (χ2v) is 7.51. The number of piperazine rings is 1. The first-order chi connectivity index (χ1) is 14.7. The number of carbonyl (C=O) groups excluding carboxylic acids is 1. The lowest BCUT2D eigenvalue weighted by Gasteiger charge is -2.34. The van der Waals surface area contributed by atoms with E-state index in [0.29, 0.717) is 36.5 Å². The van der Waals surface area contributed by atoms with Crippen LogP contribution in [0.2, 0.25) is 0 Å². The number of aromatic nitrogens is 2. The van der Waals surface area contributed by atoms with Crippen molar-refractivity contribution in [2.75, 3.05) is 26.2 Å². The maximum absolute atomic E-state index is 13.0. The third-order valence-corrected chi connectivity index (χ3v) is 5.33. The van der Waals surface area contributed by atoms with Gasteiger partial charge in [-0.1, -0.05) is 35.5 Å². The summed E-state index contributed by atoms with van der Waals surface area (Å²) in [5, 5.41) is 3.94. The Morgan fingerprint density at radius 2 is 1.73 bits per heavy atom. The molecule has 156 valence electrons. The summed E-state index contributed by atoms with van der Waals surface area (Å²) in [5.41, 5.74) is 2.01. The number of hydrogen-bond donors (Lipinski definition) is 0. The molecule has 0 spiro atoms. The largest absolute Gasteiger partial charge is 0.340 e. The molecule has 0 unspecified atom stereocenters. The Morgan fingerprint density at radius 3 is 2.47 bits per heavy atom. The molecule has 1 amide bonds. The van der Waals surface area contributed by atoms with Gasteiger partial charge in [0.1, 0.15) is 5.82 Å². The van der Waals surface area contributed by atoms with Crippen LogP contribution in [0.3, 0.4) is 0 Å². The third-order valence-electron chi connectivity index (χ3n) is 5.33. The minimum absolute atomic E-state index is 0.174.